The Morgan fingerprint density at radius 1 is 1.56 bits per heavy atom. The Morgan fingerprint density at radius 2 is 2.33 bits per heavy atom. The van der Waals surface area contributed by atoms with Crippen LogP contribution in [0.2, 0.25) is 0 Å². The van der Waals surface area contributed by atoms with Gasteiger partial charge in [-0.1, -0.05) is 0 Å². The number of carbonyl (C=O) groups is 1. The van der Waals surface area contributed by atoms with Gasteiger partial charge in [0, 0.05) is 11.7 Å². The minimum absolute atomic E-state index is 0.131. The van der Waals surface area contributed by atoms with Crippen LogP contribution in [-0.2, 0) is 4.79 Å². The lowest BCUT2D eigenvalue weighted by Gasteiger charge is -2.13. The predicted molar refractivity (Wildman–Crippen MR) is 66.1 cm³/mol. The van der Waals surface area contributed by atoms with E-state index in [2.05, 4.69) is 16.4 Å². The molecule has 0 unspecified atom stereocenters. The van der Waals surface area contributed by atoms with Crippen LogP contribution in [0, 0.1) is 24.2 Å². The van der Waals surface area contributed by atoms with E-state index in [1.54, 1.807) is 12.1 Å². The van der Waals surface area contributed by atoms with Crippen molar-refractivity contribution < 1.29 is 9.90 Å². The molecule has 0 radical (unpaired) electrons. The van der Waals surface area contributed by atoms with Crippen molar-refractivity contribution in [3.8, 4) is 6.07 Å². The van der Waals surface area contributed by atoms with E-state index >= 15 is 0 Å². The highest BCUT2D eigenvalue weighted by Crippen LogP contribution is 2.28. The molecule has 0 bridgehead atoms. The van der Waals surface area contributed by atoms with E-state index in [0.717, 1.165) is 12.1 Å². The van der Waals surface area contributed by atoms with Crippen molar-refractivity contribution in [2.24, 2.45) is 5.92 Å². The van der Waals surface area contributed by atoms with Crippen LogP contribution in [0.3, 0.4) is 0 Å². The van der Waals surface area contributed by atoms with Crippen LogP contribution in [0.1, 0.15) is 30.5 Å². The summed E-state index contributed by atoms with van der Waals surface area (Å²) in [6.07, 6.45) is 2.14. The largest absolute Gasteiger partial charge is 0.481 e. The monoisotopic (exact) mass is 245 g/mol. The minimum atomic E-state index is -0.728. The Labute approximate surface area is 105 Å². The third-order valence-corrected chi connectivity index (χ3v) is 3.22. The highest BCUT2D eigenvalue weighted by atomic mass is 16.4. The molecular weight excluding hydrogens is 230 g/mol. The molecule has 0 aromatic carbocycles. The molecule has 1 aliphatic rings. The van der Waals surface area contributed by atoms with E-state index in [9.17, 15) is 4.79 Å². The Morgan fingerprint density at radius 3 is 2.94 bits per heavy atom. The summed E-state index contributed by atoms with van der Waals surface area (Å²) >= 11 is 0. The standard InChI is InChI=1S/C13H15N3O2/c1-8-4-9(7-14)5-12(15-8)16-11-3-2-10(6-11)13(17)18/h4-5,10-11H,2-3,6H2,1H3,(H,15,16)(H,17,18)/t10-,11+/m1/s1. The van der Waals surface area contributed by atoms with Crippen LogP contribution < -0.4 is 5.32 Å². The first-order chi connectivity index (χ1) is 8.58. The van der Waals surface area contributed by atoms with Gasteiger partial charge < -0.3 is 10.4 Å². The molecule has 1 aliphatic carbocycles. The minimum Gasteiger partial charge on any atom is -0.481 e. The summed E-state index contributed by atoms with van der Waals surface area (Å²) in [6, 6.07) is 5.64. The molecule has 5 heteroatoms. The summed E-state index contributed by atoms with van der Waals surface area (Å²) in [7, 11) is 0. The number of hydrogen-bond acceptors (Lipinski definition) is 4. The molecule has 2 rings (SSSR count). The molecule has 0 amide bonds. The molecule has 0 saturated heterocycles. The van der Waals surface area contributed by atoms with Gasteiger partial charge in [-0.3, -0.25) is 4.79 Å². The summed E-state index contributed by atoms with van der Waals surface area (Å²) in [5, 5.41) is 21.0. The summed E-state index contributed by atoms with van der Waals surface area (Å²) in [5.74, 6) is -0.334. The third kappa shape index (κ3) is 2.77. The van der Waals surface area contributed by atoms with E-state index < -0.39 is 5.97 Å². The first-order valence-electron chi connectivity index (χ1n) is 5.96. The van der Waals surface area contributed by atoms with Crippen molar-refractivity contribution in [2.75, 3.05) is 5.32 Å². The maximum atomic E-state index is 10.9. The zero-order valence-corrected chi connectivity index (χ0v) is 10.2. The lowest BCUT2D eigenvalue weighted by Crippen LogP contribution is -2.18. The second-order valence-corrected chi connectivity index (χ2v) is 4.68. The van der Waals surface area contributed by atoms with Gasteiger partial charge in [-0.05, 0) is 38.3 Å². The Hall–Kier alpha value is -2.09. The molecule has 1 fully saturated rings. The normalized spacial score (nSPS) is 22.4. The number of aryl methyl sites for hydroxylation is 1. The van der Waals surface area contributed by atoms with Crippen molar-refractivity contribution in [2.45, 2.75) is 32.2 Å². The quantitative estimate of drug-likeness (QED) is 0.849. The molecule has 0 aliphatic heterocycles. The van der Waals surface area contributed by atoms with Crippen LogP contribution in [0.15, 0.2) is 12.1 Å². The number of anilines is 1. The van der Waals surface area contributed by atoms with Gasteiger partial charge in [-0.15, -0.1) is 0 Å². The van der Waals surface area contributed by atoms with Gasteiger partial charge in [0.05, 0.1) is 17.6 Å². The number of rotatable bonds is 3. The Bertz CT molecular complexity index is 507. The molecule has 1 saturated carbocycles. The number of carboxylic acid groups (broad SMARTS) is 1. The zero-order valence-electron chi connectivity index (χ0n) is 10.2. The fraction of sp³-hybridized carbons (Fsp3) is 0.462. The van der Waals surface area contributed by atoms with Crippen molar-refractivity contribution in [3.05, 3.63) is 23.4 Å². The van der Waals surface area contributed by atoms with Crippen molar-refractivity contribution in [1.29, 1.82) is 5.26 Å². The molecule has 2 atom stereocenters. The van der Waals surface area contributed by atoms with Gasteiger partial charge in [0.2, 0.25) is 0 Å². The van der Waals surface area contributed by atoms with E-state index in [-0.39, 0.29) is 12.0 Å². The Kier molecular flexibility index (Phi) is 3.47. The Balaban J connectivity index is 2.05. The van der Waals surface area contributed by atoms with E-state index in [4.69, 9.17) is 10.4 Å². The van der Waals surface area contributed by atoms with Crippen LogP contribution in [-0.4, -0.2) is 22.1 Å². The summed E-state index contributed by atoms with van der Waals surface area (Å²) < 4.78 is 0. The maximum Gasteiger partial charge on any atom is 0.306 e. The van der Waals surface area contributed by atoms with Gasteiger partial charge in [0.15, 0.2) is 0 Å². The molecule has 1 aromatic heterocycles. The molecule has 18 heavy (non-hydrogen) atoms. The van der Waals surface area contributed by atoms with E-state index in [1.165, 1.54) is 0 Å². The van der Waals surface area contributed by atoms with Crippen LogP contribution in [0.25, 0.3) is 0 Å². The maximum absolute atomic E-state index is 10.9. The van der Waals surface area contributed by atoms with Crippen LogP contribution in [0.4, 0.5) is 5.82 Å². The molecule has 1 aromatic rings. The number of aliphatic carboxylic acids is 1. The smallest absolute Gasteiger partial charge is 0.306 e. The fourth-order valence-corrected chi connectivity index (χ4v) is 2.35. The topological polar surface area (TPSA) is 86.0 Å². The van der Waals surface area contributed by atoms with Crippen LogP contribution >= 0.6 is 0 Å². The molecule has 0 spiro atoms. The summed E-state index contributed by atoms with van der Waals surface area (Å²) in [6.45, 7) is 1.83. The fourth-order valence-electron chi connectivity index (χ4n) is 2.35. The molecule has 94 valence electrons. The predicted octanol–water partition coefficient (Wildman–Crippen LogP) is 1.93. The number of pyridine rings is 1. The van der Waals surface area contributed by atoms with Gasteiger partial charge >= 0.3 is 5.97 Å². The first-order valence-corrected chi connectivity index (χ1v) is 5.96. The SMILES string of the molecule is Cc1cc(C#N)cc(N[C@H]2CC[C@@H](C(=O)O)C2)n1. The summed E-state index contributed by atoms with van der Waals surface area (Å²) in [5.41, 5.74) is 1.35. The lowest BCUT2D eigenvalue weighted by molar-refractivity contribution is -0.141. The average Bonchev–Trinajstić information content (AvgIpc) is 2.76. The molecule has 2 N–H and O–H groups in total. The van der Waals surface area contributed by atoms with Crippen molar-refractivity contribution >= 4 is 11.8 Å². The van der Waals surface area contributed by atoms with Crippen molar-refractivity contribution in [1.82, 2.24) is 4.98 Å². The second kappa shape index (κ2) is 5.05. The van der Waals surface area contributed by atoms with E-state index in [1.807, 2.05) is 6.92 Å². The second-order valence-electron chi connectivity index (χ2n) is 4.68. The van der Waals surface area contributed by atoms with Crippen molar-refractivity contribution in [3.63, 3.8) is 0 Å². The molecular formula is C13H15N3O2. The highest BCUT2D eigenvalue weighted by Gasteiger charge is 2.29. The van der Waals surface area contributed by atoms with Gasteiger partial charge in [0.1, 0.15) is 5.82 Å². The number of nitrogens with zero attached hydrogens (tertiary/aromatic N) is 2. The van der Waals surface area contributed by atoms with Gasteiger partial charge in [-0.25, -0.2) is 4.98 Å². The number of aromatic nitrogens is 1. The zero-order chi connectivity index (χ0) is 13.1. The number of nitrogens with one attached hydrogen (secondary N) is 1. The highest BCUT2D eigenvalue weighted by molar-refractivity contribution is 5.70. The number of nitriles is 1. The lowest BCUT2D eigenvalue weighted by atomic mass is 10.1. The number of carboxylic acids is 1. The number of hydrogen-bond donors (Lipinski definition) is 2. The van der Waals surface area contributed by atoms with Gasteiger partial charge in [-0.2, -0.15) is 5.26 Å². The third-order valence-electron chi connectivity index (χ3n) is 3.22. The van der Waals surface area contributed by atoms with Gasteiger partial charge in [0.25, 0.3) is 0 Å². The molecule has 5 nitrogen and oxygen atoms in total. The van der Waals surface area contributed by atoms with Crippen LogP contribution in [0.5, 0.6) is 0 Å². The summed E-state index contributed by atoms with van der Waals surface area (Å²) in [4.78, 5) is 15.2. The molecule has 1 heterocycles. The van der Waals surface area contributed by atoms with E-state index in [0.29, 0.717) is 24.2 Å². The first kappa shape index (κ1) is 12.4. The average molecular weight is 245 g/mol.